The van der Waals surface area contributed by atoms with Crippen molar-refractivity contribution in [2.75, 3.05) is 0 Å². The SMILES string of the molecule is CC(C)C(=O)CC(C)(F)F. The summed E-state index contributed by atoms with van der Waals surface area (Å²) in [5.41, 5.74) is 0. The Hall–Kier alpha value is -0.470. The number of Topliss-reactive ketones (excluding diaryl/α,β-unsaturated/α-hetero) is 1. The molecule has 0 heterocycles. The third-order valence-electron chi connectivity index (χ3n) is 1.13. The first-order valence-electron chi connectivity index (χ1n) is 3.23. The van der Waals surface area contributed by atoms with Gasteiger partial charge in [-0.25, -0.2) is 8.78 Å². The second-order valence-electron chi connectivity index (χ2n) is 2.87. The number of ketones is 1. The van der Waals surface area contributed by atoms with E-state index in [1.807, 2.05) is 0 Å². The van der Waals surface area contributed by atoms with Gasteiger partial charge in [-0.2, -0.15) is 0 Å². The summed E-state index contributed by atoms with van der Waals surface area (Å²) in [7, 11) is 0. The highest BCUT2D eigenvalue weighted by Gasteiger charge is 2.26. The fourth-order valence-electron chi connectivity index (χ4n) is 0.510. The first-order valence-corrected chi connectivity index (χ1v) is 3.23. The maximum Gasteiger partial charge on any atom is 0.252 e. The van der Waals surface area contributed by atoms with Gasteiger partial charge in [-0.3, -0.25) is 4.79 Å². The lowest BCUT2D eigenvalue weighted by Gasteiger charge is -2.09. The molecule has 0 aliphatic rings. The fraction of sp³-hybridized carbons (Fsp3) is 0.857. The number of alkyl halides is 2. The predicted molar refractivity (Wildman–Crippen MR) is 35.1 cm³/mol. The summed E-state index contributed by atoms with van der Waals surface area (Å²) in [6, 6.07) is 0. The molecule has 0 bridgehead atoms. The summed E-state index contributed by atoms with van der Waals surface area (Å²) >= 11 is 0. The number of hydrogen-bond donors (Lipinski definition) is 0. The molecule has 0 aliphatic carbocycles. The zero-order valence-corrected chi connectivity index (χ0v) is 6.45. The summed E-state index contributed by atoms with van der Waals surface area (Å²) in [6.45, 7) is 4.00. The van der Waals surface area contributed by atoms with Gasteiger partial charge in [-0.05, 0) is 6.92 Å². The van der Waals surface area contributed by atoms with Crippen LogP contribution in [0, 0.1) is 5.92 Å². The Morgan fingerprint density at radius 2 is 1.90 bits per heavy atom. The Morgan fingerprint density at radius 3 is 2.00 bits per heavy atom. The predicted octanol–water partition coefficient (Wildman–Crippen LogP) is 2.26. The van der Waals surface area contributed by atoms with Gasteiger partial charge in [-0.15, -0.1) is 0 Å². The lowest BCUT2D eigenvalue weighted by atomic mass is 10.0. The fourth-order valence-corrected chi connectivity index (χ4v) is 0.510. The Morgan fingerprint density at radius 1 is 1.50 bits per heavy atom. The van der Waals surface area contributed by atoms with E-state index in [1.54, 1.807) is 13.8 Å². The van der Waals surface area contributed by atoms with Gasteiger partial charge in [0.1, 0.15) is 5.78 Å². The van der Waals surface area contributed by atoms with Gasteiger partial charge in [0.05, 0.1) is 6.42 Å². The van der Waals surface area contributed by atoms with Crippen molar-refractivity contribution in [2.24, 2.45) is 5.92 Å². The van der Waals surface area contributed by atoms with Crippen LogP contribution >= 0.6 is 0 Å². The van der Waals surface area contributed by atoms with Crippen LogP contribution in [0.15, 0.2) is 0 Å². The van der Waals surface area contributed by atoms with Gasteiger partial charge in [0.2, 0.25) is 0 Å². The van der Waals surface area contributed by atoms with E-state index in [9.17, 15) is 13.6 Å². The van der Waals surface area contributed by atoms with E-state index in [-0.39, 0.29) is 11.7 Å². The first-order chi connectivity index (χ1) is 4.33. The molecule has 0 N–H and O–H groups in total. The zero-order chi connectivity index (χ0) is 8.36. The van der Waals surface area contributed by atoms with E-state index in [0.717, 1.165) is 6.92 Å². The van der Waals surface area contributed by atoms with Crippen LogP contribution in [0.2, 0.25) is 0 Å². The van der Waals surface area contributed by atoms with Crippen molar-refractivity contribution in [3.63, 3.8) is 0 Å². The largest absolute Gasteiger partial charge is 0.299 e. The summed E-state index contributed by atoms with van der Waals surface area (Å²) in [4.78, 5) is 10.7. The van der Waals surface area contributed by atoms with Gasteiger partial charge < -0.3 is 0 Å². The van der Waals surface area contributed by atoms with E-state index in [1.165, 1.54) is 0 Å². The molecule has 0 rings (SSSR count). The minimum Gasteiger partial charge on any atom is -0.299 e. The van der Waals surface area contributed by atoms with Gasteiger partial charge in [0, 0.05) is 5.92 Å². The molecule has 10 heavy (non-hydrogen) atoms. The Labute approximate surface area is 59.4 Å². The number of hydrogen-bond acceptors (Lipinski definition) is 1. The molecule has 0 saturated heterocycles. The van der Waals surface area contributed by atoms with Crippen LogP contribution in [-0.2, 0) is 4.79 Å². The summed E-state index contributed by atoms with van der Waals surface area (Å²) < 4.78 is 24.2. The molecule has 0 unspecified atom stereocenters. The smallest absolute Gasteiger partial charge is 0.252 e. The highest BCUT2D eigenvalue weighted by Crippen LogP contribution is 2.18. The van der Waals surface area contributed by atoms with Crippen LogP contribution in [0.3, 0.4) is 0 Å². The quantitative estimate of drug-likeness (QED) is 0.603. The maximum absolute atomic E-state index is 12.1. The molecule has 0 aromatic carbocycles. The van der Waals surface area contributed by atoms with E-state index in [0.29, 0.717) is 0 Å². The highest BCUT2D eigenvalue weighted by molar-refractivity contribution is 5.80. The summed E-state index contributed by atoms with van der Waals surface area (Å²) in [5.74, 6) is -3.51. The van der Waals surface area contributed by atoms with Crippen molar-refractivity contribution in [1.29, 1.82) is 0 Å². The average Bonchev–Trinajstić information content (AvgIpc) is 1.60. The second-order valence-corrected chi connectivity index (χ2v) is 2.87. The summed E-state index contributed by atoms with van der Waals surface area (Å²) in [5, 5.41) is 0. The lowest BCUT2D eigenvalue weighted by molar-refractivity contribution is -0.128. The molecule has 1 nitrogen and oxygen atoms in total. The monoisotopic (exact) mass is 150 g/mol. The third-order valence-corrected chi connectivity index (χ3v) is 1.13. The van der Waals surface area contributed by atoms with Crippen LogP contribution in [0.5, 0.6) is 0 Å². The number of halogens is 2. The lowest BCUT2D eigenvalue weighted by Crippen LogP contribution is -2.19. The van der Waals surface area contributed by atoms with E-state index in [4.69, 9.17) is 0 Å². The van der Waals surface area contributed by atoms with E-state index in [2.05, 4.69) is 0 Å². The van der Waals surface area contributed by atoms with Crippen molar-refractivity contribution in [3.05, 3.63) is 0 Å². The van der Waals surface area contributed by atoms with Crippen LogP contribution in [-0.4, -0.2) is 11.7 Å². The standard InChI is InChI=1S/C7H12F2O/c1-5(2)6(10)4-7(3,8)9/h5H,4H2,1-3H3. The Kier molecular flexibility index (Phi) is 2.94. The molecule has 0 spiro atoms. The van der Waals surface area contributed by atoms with Crippen molar-refractivity contribution >= 4 is 5.78 Å². The topological polar surface area (TPSA) is 17.1 Å². The second kappa shape index (κ2) is 3.08. The molecule has 0 fully saturated rings. The van der Waals surface area contributed by atoms with Crippen molar-refractivity contribution < 1.29 is 13.6 Å². The molecule has 0 radical (unpaired) electrons. The molecule has 3 heteroatoms. The minimum atomic E-state index is -2.85. The Bertz CT molecular complexity index is 124. The summed E-state index contributed by atoms with van der Waals surface area (Å²) in [6.07, 6.45) is -0.634. The van der Waals surface area contributed by atoms with Crippen LogP contribution in [0.4, 0.5) is 8.78 Å². The van der Waals surface area contributed by atoms with Crippen molar-refractivity contribution in [2.45, 2.75) is 33.1 Å². The molecule has 0 amide bonds. The highest BCUT2D eigenvalue weighted by atomic mass is 19.3. The Balaban J connectivity index is 3.81. The van der Waals surface area contributed by atoms with E-state index < -0.39 is 12.3 Å². The molecule has 0 aliphatic heterocycles. The zero-order valence-electron chi connectivity index (χ0n) is 6.45. The third kappa shape index (κ3) is 4.41. The molecular weight excluding hydrogens is 138 g/mol. The van der Waals surface area contributed by atoms with Crippen LogP contribution in [0.1, 0.15) is 27.2 Å². The van der Waals surface area contributed by atoms with Gasteiger partial charge in [0.15, 0.2) is 0 Å². The number of carbonyl (C=O) groups is 1. The molecular formula is C7H12F2O. The maximum atomic E-state index is 12.1. The van der Waals surface area contributed by atoms with Crippen LogP contribution in [0.25, 0.3) is 0 Å². The normalized spacial score (nSPS) is 12.2. The molecule has 60 valence electrons. The number of rotatable bonds is 3. The van der Waals surface area contributed by atoms with Crippen molar-refractivity contribution in [1.82, 2.24) is 0 Å². The van der Waals surface area contributed by atoms with Gasteiger partial charge >= 0.3 is 0 Å². The molecule has 0 aromatic heterocycles. The minimum absolute atomic E-state index is 0.286. The molecule has 0 atom stereocenters. The molecule has 0 saturated carbocycles. The van der Waals surface area contributed by atoms with Crippen molar-refractivity contribution in [3.8, 4) is 0 Å². The van der Waals surface area contributed by atoms with E-state index >= 15 is 0 Å². The van der Waals surface area contributed by atoms with Crippen LogP contribution < -0.4 is 0 Å². The average molecular weight is 150 g/mol. The van der Waals surface area contributed by atoms with Gasteiger partial charge in [0.25, 0.3) is 5.92 Å². The number of carbonyl (C=O) groups excluding carboxylic acids is 1. The molecule has 0 aromatic rings. The van der Waals surface area contributed by atoms with Gasteiger partial charge in [-0.1, -0.05) is 13.8 Å². The first kappa shape index (κ1) is 9.53.